The van der Waals surface area contributed by atoms with E-state index in [1.807, 2.05) is 6.07 Å². The van der Waals surface area contributed by atoms with Gasteiger partial charge in [-0.3, -0.25) is 19.7 Å². The van der Waals surface area contributed by atoms with Gasteiger partial charge in [-0.2, -0.15) is 0 Å². The van der Waals surface area contributed by atoms with Crippen LogP contribution in [0, 0.1) is 6.92 Å². The molecular weight excluding hydrogens is 462 g/mol. The van der Waals surface area contributed by atoms with Crippen LogP contribution >= 0.6 is 0 Å². The number of benzene rings is 3. The Kier molecular flexibility index (Phi) is 7.10. The molecule has 0 aliphatic carbocycles. The molecule has 0 aromatic heterocycles. The summed E-state index contributed by atoms with van der Waals surface area (Å²) in [6.07, 6.45) is 1.36. The van der Waals surface area contributed by atoms with E-state index in [1.165, 1.54) is 13.2 Å². The summed E-state index contributed by atoms with van der Waals surface area (Å²) >= 11 is 0. The van der Waals surface area contributed by atoms with E-state index < -0.39 is 17.8 Å². The number of amides is 5. The van der Waals surface area contributed by atoms with Crippen molar-refractivity contribution >= 4 is 41.2 Å². The number of rotatable bonds is 7. The van der Waals surface area contributed by atoms with Crippen molar-refractivity contribution in [1.82, 2.24) is 5.32 Å². The van der Waals surface area contributed by atoms with Gasteiger partial charge < -0.3 is 14.8 Å². The first-order chi connectivity index (χ1) is 17.4. The second kappa shape index (κ2) is 10.6. The molecule has 0 saturated carbocycles. The molecule has 0 atom stereocenters. The number of ether oxygens (including phenoxy) is 2. The minimum Gasteiger partial charge on any atom is -0.493 e. The van der Waals surface area contributed by atoms with Gasteiger partial charge in [-0.05, 0) is 54.5 Å². The van der Waals surface area contributed by atoms with Crippen LogP contribution in [0.5, 0.6) is 11.5 Å². The van der Waals surface area contributed by atoms with Gasteiger partial charge in [0.2, 0.25) is 0 Å². The first kappa shape index (κ1) is 24.2. The number of hydrogen-bond acceptors (Lipinski definition) is 6. The van der Waals surface area contributed by atoms with Crippen molar-refractivity contribution in [2.75, 3.05) is 23.9 Å². The monoisotopic (exact) mass is 485 g/mol. The second-order valence-electron chi connectivity index (χ2n) is 7.86. The van der Waals surface area contributed by atoms with E-state index in [0.717, 1.165) is 4.90 Å². The third kappa shape index (κ3) is 5.25. The van der Waals surface area contributed by atoms with Gasteiger partial charge >= 0.3 is 6.03 Å². The van der Waals surface area contributed by atoms with E-state index in [0.29, 0.717) is 34.0 Å². The molecule has 182 valence electrons. The Morgan fingerprint density at radius 3 is 2.42 bits per heavy atom. The van der Waals surface area contributed by atoms with Crippen LogP contribution in [-0.4, -0.2) is 37.5 Å². The molecule has 1 aliphatic rings. The average Bonchev–Trinajstić information content (AvgIpc) is 2.87. The standard InChI is InChI=1S/C27H23N3O6/c1-17-8-6-7-11-21(17)30-26(33)20(25(32)29-27(30)34)14-18-12-13-22(23(15-18)35-2)36-16-24(31)28-19-9-4-3-5-10-19/h3-15H,16H2,1-2H3,(H,28,31)(H,29,32,34)/b20-14+. The second-order valence-corrected chi connectivity index (χ2v) is 7.86. The summed E-state index contributed by atoms with van der Waals surface area (Å²) in [7, 11) is 1.43. The van der Waals surface area contributed by atoms with E-state index in [1.54, 1.807) is 73.7 Å². The fourth-order valence-corrected chi connectivity index (χ4v) is 3.61. The Balaban J connectivity index is 1.53. The van der Waals surface area contributed by atoms with Crippen molar-refractivity contribution < 1.29 is 28.7 Å². The minimum atomic E-state index is -0.813. The predicted molar refractivity (Wildman–Crippen MR) is 134 cm³/mol. The molecule has 1 heterocycles. The summed E-state index contributed by atoms with van der Waals surface area (Å²) in [4.78, 5) is 51.2. The molecule has 0 bridgehead atoms. The van der Waals surface area contributed by atoms with Crippen molar-refractivity contribution in [2.24, 2.45) is 0 Å². The molecule has 0 spiro atoms. The number of nitrogens with one attached hydrogen (secondary N) is 2. The number of hydrogen-bond donors (Lipinski definition) is 2. The summed E-state index contributed by atoms with van der Waals surface area (Å²) in [6, 6.07) is 19.8. The van der Waals surface area contributed by atoms with Gasteiger partial charge in [-0.1, -0.05) is 42.5 Å². The van der Waals surface area contributed by atoms with Gasteiger partial charge in [-0.25, -0.2) is 9.69 Å². The lowest BCUT2D eigenvalue weighted by molar-refractivity contribution is -0.122. The normalized spacial score (nSPS) is 14.4. The van der Waals surface area contributed by atoms with Crippen LogP contribution in [0.25, 0.3) is 6.08 Å². The fourth-order valence-electron chi connectivity index (χ4n) is 3.61. The van der Waals surface area contributed by atoms with Crippen LogP contribution in [-0.2, 0) is 14.4 Å². The largest absolute Gasteiger partial charge is 0.493 e. The molecule has 2 N–H and O–H groups in total. The Hall–Kier alpha value is -4.92. The molecule has 1 fully saturated rings. The van der Waals surface area contributed by atoms with Crippen molar-refractivity contribution in [3.8, 4) is 11.5 Å². The molecule has 9 nitrogen and oxygen atoms in total. The van der Waals surface area contributed by atoms with Gasteiger partial charge in [0, 0.05) is 5.69 Å². The predicted octanol–water partition coefficient (Wildman–Crippen LogP) is 3.69. The number of aryl methyl sites for hydroxylation is 1. The van der Waals surface area contributed by atoms with E-state index in [4.69, 9.17) is 9.47 Å². The topological polar surface area (TPSA) is 114 Å². The first-order valence-corrected chi connectivity index (χ1v) is 11.0. The van der Waals surface area contributed by atoms with Crippen LogP contribution in [0.15, 0.2) is 78.4 Å². The zero-order valence-electron chi connectivity index (χ0n) is 19.6. The maximum absolute atomic E-state index is 13.1. The number of imide groups is 2. The maximum Gasteiger partial charge on any atom is 0.335 e. The number of anilines is 2. The maximum atomic E-state index is 13.1. The van der Waals surface area contributed by atoms with Crippen LogP contribution < -0.4 is 25.0 Å². The molecule has 4 rings (SSSR count). The SMILES string of the molecule is COc1cc(/C=C2\C(=O)NC(=O)N(c3ccccc3C)C2=O)ccc1OCC(=O)Nc1ccccc1. The number of urea groups is 1. The van der Waals surface area contributed by atoms with Crippen LogP contribution in [0.2, 0.25) is 0 Å². The smallest absolute Gasteiger partial charge is 0.335 e. The van der Waals surface area contributed by atoms with E-state index in [2.05, 4.69) is 10.6 Å². The summed E-state index contributed by atoms with van der Waals surface area (Å²) < 4.78 is 11.0. The van der Waals surface area contributed by atoms with Crippen molar-refractivity contribution in [1.29, 1.82) is 0 Å². The Labute approximate surface area is 207 Å². The summed E-state index contributed by atoms with van der Waals surface area (Å²) in [5.41, 5.74) is 1.98. The quantitative estimate of drug-likeness (QED) is 0.390. The molecule has 3 aromatic rings. The van der Waals surface area contributed by atoms with E-state index >= 15 is 0 Å². The fraction of sp³-hybridized carbons (Fsp3) is 0.111. The Bertz CT molecular complexity index is 1370. The Morgan fingerprint density at radius 2 is 1.69 bits per heavy atom. The number of para-hydroxylation sites is 2. The van der Waals surface area contributed by atoms with Crippen LogP contribution in [0.4, 0.5) is 16.2 Å². The molecule has 36 heavy (non-hydrogen) atoms. The molecule has 1 saturated heterocycles. The molecule has 0 unspecified atom stereocenters. The zero-order chi connectivity index (χ0) is 25.7. The van der Waals surface area contributed by atoms with Gasteiger partial charge in [-0.15, -0.1) is 0 Å². The van der Waals surface area contributed by atoms with E-state index in [9.17, 15) is 19.2 Å². The highest BCUT2D eigenvalue weighted by Gasteiger charge is 2.37. The van der Waals surface area contributed by atoms with Gasteiger partial charge in [0.1, 0.15) is 5.57 Å². The lowest BCUT2D eigenvalue weighted by atomic mass is 10.1. The molecule has 9 heteroatoms. The molecule has 1 aliphatic heterocycles. The Morgan fingerprint density at radius 1 is 0.972 bits per heavy atom. The molecule has 3 aromatic carbocycles. The number of methoxy groups -OCH3 is 1. The highest BCUT2D eigenvalue weighted by atomic mass is 16.5. The summed E-state index contributed by atoms with van der Waals surface area (Å²) in [5, 5.41) is 4.93. The number of carbonyl (C=O) groups excluding carboxylic acids is 4. The van der Waals surface area contributed by atoms with E-state index in [-0.39, 0.29) is 18.1 Å². The molecule has 0 radical (unpaired) electrons. The molecule has 5 amide bonds. The third-order valence-electron chi connectivity index (χ3n) is 5.37. The lowest BCUT2D eigenvalue weighted by Gasteiger charge is -2.27. The number of barbiturate groups is 1. The lowest BCUT2D eigenvalue weighted by Crippen LogP contribution is -2.54. The van der Waals surface area contributed by atoms with Gasteiger partial charge in [0.25, 0.3) is 17.7 Å². The van der Waals surface area contributed by atoms with Crippen molar-refractivity contribution in [3.63, 3.8) is 0 Å². The summed E-state index contributed by atoms with van der Waals surface area (Å²) in [5.74, 6) is -1.28. The van der Waals surface area contributed by atoms with Gasteiger partial charge in [0.05, 0.1) is 12.8 Å². The zero-order valence-corrected chi connectivity index (χ0v) is 19.6. The third-order valence-corrected chi connectivity index (χ3v) is 5.37. The molecular formula is C27H23N3O6. The average molecular weight is 485 g/mol. The highest BCUT2D eigenvalue weighted by Crippen LogP contribution is 2.30. The van der Waals surface area contributed by atoms with Crippen LogP contribution in [0.3, 0.4) is 0 Å². The first-order valence-electron chi connectivity index (χ1n) is 11.0. The van der Waals surface area contributed by atoms with Crippen molar-refractivity contribution in [3.05, 3.63) is 89.5 Å². The van der Waals surface area contributed by atoms with Crippen molar-refractivity contribution in [2.45, 2.75) is 6.92 Å². The number of nitrogens with zero attached hydrogens (tertiary/aromatic N) is 1. The van der Waals surface area contributed by atoms with Crippen LogP contribution in [0.1, 0.15) is 11.1 Å². The van der Waals surface area contributed by atoms with Gasteiger partial charge in [0.15, 0.2) is 18.1 Å². The highest BCUT2D eigenvalue weighted by molar-refractivity contribution is 6.39. The number of carbonyl (C=O) groups is 4. The summed E-state index contributed by atoms with van der Waals surface area (Å²) in [6.45, 7) is 1.51. The minimum absolute atomic E-state index is 0.212.